The number of nitrogens with one attached hydrogen (secondary N) is 1. The predicted molar refractivity (Wildman–Crippen MR) is 92.1 cm³/mol. The van der Waals surface area contributed by atoms with Gasteiger partial charge in [0.15, 0.2) is 0 Å². The topological polar surface area (TPSA) is 64.6 Å². The van der Waals surface area contributed by atoms with Gasteiger partial charge in [-0.2, -0.15) is 0 Å². The fourth-order valence-corrected chi connectivity index (χ4v) is 3.33. The Balaban J connectivity index is 2.09. The Morgan fingerprint density at radius 3 is 2.57 bits per heavy atom. The van der Waals surface area contributed by atoms with Gasteiger partial charge in [0.05, 0.1) is 25.7 Å². The maximum atomic E-state index is 12.3. The second-order valence-electron chi connectivity index (χ2n) is 4.87. The molecule has 23 heavy (non-hydrogen) atoms. The van der Waals surface area contributed by atoms with E-state index in [0.29, 0.717) is 28.6 Å². The Labute approximate surface area is 141 Å². The van der Waals surface area contributed by atoms with Gasteiger partial charge in [-0.1, -0.05) is 23.7 Å². The lowest BCUT2D eigenvalue weighted by atomic mass is 10.2. The number of hydrogen-bond acceptors (Lipinski definition) is 4. The van der Waals surface area contributed by atoms with E-state index < -0.39 is 10.0 Å². The van der Waals surface area contributed by atoms with Gasteiger partial charge in [0.1, 0.15) is 11.5 Å². The maximum absolute atomic E-state index is 12.3. The van der Waals surface area contributed by atoms with E-state index in [4.69, 9.17) is 21.1 Å². The number of benzene rings is 2. The molecule has 5 nitrogen and oxygen atoms in total. The average molecular weight is 356 g/mol. The van der Waals surface area contributed by atoms with Gasteiger partial charge < -0.3 is 9.47 Å². The van der Waals surface area contributed by atoms with Crippen LogP contribution in [0.3, 0.4) is 0 Å². The molecule has 0 unspecified atom stereocenters. The van der Waals surface area contributed by atoms with Crippen LogP contribution < -0.4 is 14.2 Å². The molecule has 0 spiro atoms. The van der Waals surface area contributed by atoms with Crippen LogP contribution in [0.25, 0.3) is 0 Å². The van der Waals surface area contributed by atoms with Crippen molar-refractivity contribution in [1.82, 2.24) is 0 Å². The van der Waals surface area contributed by atoms with Crippen molar-refractivity contribution in [1.29, 1.82) is 0 Å². The van der Waals surface area contributed by atoms with Crippen molar-refractivity contribution in [3.8, 4) is 11.5 Å². The Bertz CT molecular complexity index is 777. The van der Waals surface area contributed by atoms with E-state index in [1.54, 1.807) is 19.2 Å². The quantitative estimate of drug-likeness (QED) is 0.827. The minimum absolute atomic E-state index is 0.0597. The summed E-state index contributed by atoms with van der Waals surface area (Å²) in [5.74, 6) is 1.05. The van der Waals surface area contributed by atoms with Crippen molar-refractivity contribution in [3.63, 3.8) is 0 Å². The number of methoxy groups -OCH3 is 2. The average Bonchev–Trinajstić information content (AvgIpc) is 2.53. The molecule has 0 saturated carbocycles. The van der Waals surface area contributed by atoms with Crippen LogP contribution >= 0.6 is 11.6 Å². The molecule has 0 aliphatic heterocycles. The third kappa shape index (κ3) is 5.04. The van der Waals surface area contributed by atoms with Crippen molar-refractivity contribution in [2.75, 3.05) is 24.7 Å². The molecule has 7 heteroatoms. The maximum Gasteiger partial charge on any atom is 0.233 e. The number of aryl methyl sites for hydroxylation is 1. The number of halogens is 1. The molecule has 2 aromatic rings. The first kappa shape index (κ1) is 17.4. The molecule has 0 atom stereocenters. The molecule has 0 saturated heterocycles. The zero-order valence-corrected chi connectivity index (χ0v) is 14.4. The lowest BCUT2D eigenvalue weighted by Crippen LogP contribution is -2.18. The van der Waals surface area contributed by atoms with Gasteiger partial charge in [-0.3, -0.25) is 4.72 Å². The first-order valence-corrected chi connectivity index (χ1v) is 8.93. The summed E-state index contributed by atoms with van der Waals surface area (Å²) in [7, 11) is -0.489. The molecule has 2 aromatic carbocycles. The van der Waals surface area contributed by atoms with Gasteiger partial charge >= 0.3 is 0 Å². The highest BCUT2D eigenvalue weighted by Crippen LogP contribution is 2.28. The standard InChI is InChI=1S/C16H18ClNO4S/c1-21-14-5-3-4-12(10-14)8-9-23(19,20)18-15-11-13(17)6-7-16(15)22-2/h3-7,10-11,18H,8-9H2,1-2H3. The van der Waals surface area contributed by atoms with Crippen LogP contribution in [0.15, 0.2) is 42.5 Å². The number of sulfonamides is 1. The van der Waals surface area contributed by atoms with E-state index in [9.17, 15) is 8.42 Å². The molecular weight excluding hydrogens is 338 g/mol. The van der Waals surface area contributed by atoms with E-state index >= 15 is 0 Å². The number of rotatable bonds is 7. The van der Waals surface area contributed by atoms with E-state index in [1.807, 2.05) is 24.3 Å². The van der Waals surface area contributed by atoms with Crippen LogP contribution in [0.4, 0.5) is 5.69 Å². The van der Waals surface area contributed by atoms with Crippen molar-refractivity contribution in [2.45, 2.75) is 6.42 Å². The van der Waals surface area contributed by atoms with Crippen molar-refractivity contribution in [2.24, 2.45) is 0 Å². The molecule has 0 radical (unpaired) electrons. The zero-order chi connectivity index (χ0) is 16.9. The molecular formula is C16H18ClNO4S. The molecule has 0 bridgehead atoms. The van der Waals surface area contributed by atoms with Crippen LogP contribution in [0.2, 0.25) is 5.02 Å². The van der Waals surface area contributed by atoms with E-state index in [2.05, 4.69) is 4.72 Å². The SMILES string of the molecule is COc1cccc(CCS(=O)(=O)Nc2cc(Cl)ccc2OC)c1. The molecule has 2 rings (SSSR count). The highest BCUT2D eigenvalue weighted by molar-refractivity contribution is 7.92. The largest absolute Gasteiger partial charge is 0.497 e. The fraction of sp³-hybridized carbons (Fsp3) is 0.250. The van der Waals surface area contributed by atoms with Gasteiger partial charge in [-0.25, -0.2) is 8.42 Å². The number of ether oxygens (including phenoxy) is 2. The predicted octanol–water partition coefficient (Wildman–Crippen LogP) is 3.34. The van der Waals surface area contributed by atoms with Crippen molar-refractivity contribution in [3.05, 3.63) is 53.1 Å². The molecule has 0 aliphatic rings. The molecule has 124 valence electrons. The summed E-state index contributed by atoms with van der Waals surface area (Å²) in [5, 5.41) is 0.427. The van der Waals surface area contributed by atoms with E-state index in [-0.39, 0.29) is 5.75 Å². The fourth-order valence-electron chi connectivity index (χ4n) is 2.06. The van der Waals surface area contributed by atoms with Gasteiger partial charge in [0.2, 0.25) is 10.0 Å². The molecule has 0 aliphatic carbocycles. The molecule has 0 aromatic heterocycles. The summed E-state index contributed by atoms with van der Waals surface area (Å²) < 4.78 is 37.3. The Morgan fingerprint density at radius 2 is 1.87 bits per heavy atom. The molecule has 0 fully saturated rings. The second kappa shape index (κ2) is 7.57. The minimum atomic E-state index is -3.53. The summed E-state index contributed by atoms with van der Waals surface area (Å²) in [6.07, 6.45) is 0.370. The first-order valence-electron chi connectivity index (χ1n) is 6.90. The molecule has 0 heterocycles. The van der Waals surface area contributed by atoms with Gasteiger partial charge in [-0.05, 0) is 42.3 Å². The van der Waals surface area contributed by atoms with Crippen LogP contribution in [0.1, 0.15) is 5.56 Å². The molecule has 1 N–H and O–H groups in total. The highest BCUT2D eigenvalue weighted by atomic mass is 35.5. The Morgan fingerprint density at radius 1 is 1.09 bits per heavy atom. The second-order valence-corrected chi connectivity index (χ2v) is 7.15. The minimum Gasteiger partial charge on any atom is -0.497 e. The molecule has 0 amide bonds. The van der Waals surface area contributed by atoms with Crippen LogP contribution in [0, 0.1) is 0 Å². The summed E-state index contributed by atoms with van der Waals surface area (Å²) in [6.45, 7) is 0. The van der Waals surface area contributed by atoms with Gasteiger partial charge in [-0.15, -0.1) is 0 Å². The summed E-state index contributed by atoms with van der Waals surface area (Å²) >= 11 is 5.90. The van der Waals surface area contributed by atoms with Crippen LogP contribution in [-0.2, 0) is 16.4 Å². The van der Waals surface area contributed by atoms with E-state index in [1.165, 1.54) is 13.2 Å². The van der Waals surface area contributed by atoms with Gasteiger partial charge in [0.25, 0.3) is 0 Å². The van der Waals surface area contributed by atoms with Crippen molar-refractivity contribution >= 4 is 27.3 Å². The van der Waals surface area contributed by atoms with Crippen LogP contribution in [-0.4, -0.2) is 28.4 Å². The first-order chi connectivity index (χ1) is 10.9. The summed E-state index contributed by atoms with van der Waals surface area (Å²) in [5.41, 5.74) is 1.21. The number of hydrogen-bond donors (Lipinski definition) is 1. The lowest BCUT2D eigenvalue weighted by molar-refractivity contribution is 0.414. The zero-order valence-electron chi connectivity index (χ0n) is 12.9. The third-order valence-electron chi connectivity index (χ3n) is 3.22. The van der Waals surface area contributed by atoms with Crippen molar-refractivity contribution < 1.29 is 17.9 Å². The Kier molecular flexibility index (Phi) is 5.74. The third-order valence-corrected chi connectivity index (χ3v) is 4.73. The smallest absolute Gasteiger partial charge is 0.233 e. The van der Waals surface area contributed by atoms with E-state index in [0.717, 1.165) is 5.56 Å². The van der Waals surface area contributed by atoms with Gasteiger partial charge in [0, 0.05) is 5.02 Å². The van der Waals surface area contributed by atoms with Crippen LogP contribution in [0.5, 0.6) is 11.5 Å². The number of anilines is 1. The normalized spacial score (nSPS) is 11.1. The summed E-state index contributed by atoms with van der Waals surface area (Å²) in [6, 6.07) is 12.1. The highest BCUT2D eigenvalue weighted by Gasteiger charge is 2.14. The monoisotopic (exact) mass is 355 g/mol. The summed E-state index contributed by atoms with van der Waals surface area (Å²) in [4.78, 5) is 0. The lowest BCUT2D eigenvalue weighted by Gasteiger charge is -2.12. The Hall–Kier alpha value is -1.92.